The molecule has 23 heavy (non-hydrogen) atoms. The zero-order valence-corrected chi connectivity index (χ0v) is 14.4. The second-order valence-corrected chi connectivity index (χ2v) is 5.84. The molecule has 1 amide bonds. The van der Waals surface area contributed by atoms with Crippen LogP contribution < -0.4 is 10.1 Å². The van der Waals surface area contributed by atoms with Crippen LogP contribution in [0.5, 0.6) is 5.75 Å². The summed E-state index contributed by atoms with van der Waals surface area (Å²) in [5.74, 6) is 0.409. The van der Waals surface area contributed by atoms with Gasteiger partial charge in [-0.3, -0.25) is 4.79 Å². The molecule has 118 valence electrons. The number of hydrogen-bond acceptors (Lipinski definition) is 3. The Balaban J connectivity index is 1.89. The molecule has 5 heteroatoms. The number of ether oxygens (including phenoxy) is 1. The Kier molecular flexibility index (Phi) is 6.19. The Hall–Kier alpha value is -2.32. The van der Waals surface area contributed by atoms with Crippen molar-refractivity contribution in [1.29, 1.82) is 5.26 Å². The quantitative estimate of drug-likeness (QED) is 0.830. The zero-order valence-electron chi connectivity index (χ0n) is 12.8. The van der Waals surface area contributed by atoms with E-state index in [0.717, 1.165) is 16.5 Å². The van der Waals surface area contributed by atoms with E-state index < -0.39 is 0 Å². The molecule has 0 spiro atoms. The molecule has 0 unspecified atom stereocenters. The van der Waals surface area contributed by atoms with Gasteiger partial charge in [0.05, 0.1) is 17.0 Å². The maximum absolute atomic E-state index is 11.9. The summed E-state index contributed by atoms with van der Waals surface area (Å²) < 4.78 is 6.37. The Morgan fingerprint density at radius 2 is 1.91 bits per heavy atom. The van der Waals surface area contributed by atoms with Crippen molar-refractivity contribution in [3.8, 4) is 11.8 Å². The second kappa shape index (κ2) is 8.35. The van der Waals surface area contributed by atoms with Crippen molar-refractivity contribution in [3.05, 3.63) is 58.1 Å². The van der Waals surface area contributed by atoms with Crippen molar-refractivity contribution >= 4 is 27.5 Å². The molecule has 1 N–H and O–H groups in total. The number of hydrogen-bond donors (Lipinski definition) is 1. The highest BCUT2D eigenvalue weighted by molar-refractivity contribution is 9.10. The third-order valence-corrected chi connectivity index (χ3v) is 3.90. The van der Waals surface area contributed by atoms with Gasteiger partial charge in [0.1, 0.15) is 5.75 Å². The Morgan fingerprint density at radius 1 is 1.22 bits per heavy atom. The molecule has 0 heterocycles. The lowest BCUT2D eigenvalue weighted by Gasteiger charge is -2.10. The summed E-state index contributed by atoms with van der Waals surface area (Å²) in [7, 11) is 0. The molecule has 2 aromatic carbocycles. The number of nitrogens with zero attached hydrogens (tertiary/aromatic N) is 1. The van der Waals surface area contributed by atoms with Gasteiger partial charge in [-0.2, -0.15) is 5.26 Å². The molecule has 0 aliphatic carbocycles. The van der Waals surface area contributed by atoms with Gasteiger partial charge in [0, 0.05) is 5.69 Å². The molecule has 0 aliphatic heterocycles. The molecule has 0 saturated heterocycles. The molecule has 2 aromatic rings. The third-order valence-electron chi connectivity index (χ3n) is 3.28. The Labute approximate surface area is 144 Å². The first-order valence-corrected chi connectivity index (χ1v) is 8.08. The van der Waals surface area contributed by atoms with Crippen molar-refractivity contribution < 1.29 is 9.53 Å². The molecular weight excluding hydrogens is 356 g/mol. The van der Waals surface area contributed by atoms with Gasteiger partial charge in [0.15, 0.2) is 6.61 Å². The van der Waals surface area contributed by atoms with E-state index in [4.69, 9.17) is 10.00 Å². The predicted molar refractivity (Wildman–Crippen MR) is 93.4 cm³/mol. The Bertz CT molecular complexity index is 721. The van der Waals surface area contributed by atoms with Gasteiger partial charge in [0.25, 0.3) is 5.91 Å². The van der Waals surface area contributed by atoms with Crippen LogP contribution in [0.3, 0.4) is 0 Å². The number of rotatable bonds is 6. The number of anilines is 1. The van der Waals surface area contributed by atoms with Crippen LogP contribution in [0, 0.1) is 11.3 Å². The first-order chi connectivity index (χ1) is 11.1. The minimum Gasteiger partial charge on any atom is -0.483 e. The highest BCUT2D eigenvalue weighted by Gasteiger charge is 2.07. The van der Waals surface area contributed by atoms with Crippen LogP contribution in [-0.2, 0) is 17.6 Å². The van der Waals surface area contributed by atoms with Crippen LogP contribution in [0.15, 0.2) is 46.9 Å². The molecule has 0 aliphatic rings. The van der Waals surface area contributed by atoms with Crippen LogP contribution in [0.4, 0.5) is 5.69 Å². The molecule has 0 atom stereocenters. The number of nitrogens with one attached hydrogen (secondary N) is 1. The summed E-state index contributed by atoms with van der Waals surface area (Å²) in [6.45, 7) is 2.02. The lowest BCUT2D eigenvalue weighted by atomic mass is 10.1. The molecule has 0 bridgehead atoms. The van der Waals surface area contributed by atoms with Crippen LogP contribution >= 0.6 is 15.9 Å². The maximum atomic E-state index is 11.9. The first kappa shape index (κ1) is 17.0. The minimum atomic E-state index is -0.232. The van der Waals surface area contributed by atoms with Gasteiger partial charge in [-0.1, -0.05) is 25.1 Å². The molecule has 0 radical (unpaired) electrons. The zero-order chi connectivity index (χ0) is 16.7. The van der Waals surface area contributed by atoms with Crippen LogP contribution in [-0.4, -0.2) is 12.5 Å². The average molecular weight is 373 g/mol. The summed E-state index contributed by atoms with van der Waals surface area (Å²) in [5, 5.41) is 11.4. The van der Waals surface area contributed by atoms with Gasteiger partial charge >= 0.3 is 0 Å². The molecule has 0 aromatic heterocycles. The van der Waals surface area contributed by atoms with Gasteiger partial charge < -0.3 is 10.1 Å². The van der Waals surface area contributed by atoms with Gasteiger partial charge in [-0.15, -0.1) is 0 Å². The standard InChI is InChI=1S/C18H17BrN2O2/c1-2-13-5-8-17(16(19)11-13)23-12-18(22)21-15-6-3-14(4-7-15)9-10-20/h3-8,11H,2,9,12H2,1H3,(H,21,22). The highest BCUT2D eigenvalue weighted by atomic mass is 79.9. The van der Waals surface area contributed by atoms with Crippen LogP contribution in [0.2, 0.25) is 0 Å². The van der Waals surface area contributed by atoms with E-state index in [0.29, 0.717) is 17.9 Å². The number of amides is 1. The van der Waals surface area contributed by atoms with E-state index in [9.17, 15) is 4.79 Å². The first-order valence-electron chi connectivity index (χ1n) is 7.29. The number of benzene rings is 2. The fourth-order valence-electron chi connectivity index (χ4n) is 2.02. The van der Waals surface area contributed by atoms with Crippen molar-refractivity contribution in [2.45, 2.75) is 19.8 Å². The number of carbonyl (C=O) groups is 1. The Morgan fingerprint density at radius 3 is 2.52 bits per heavy atom. The number of carbonyl (C=O) groups excluding carboxylic acids is 1. The second-order valence-electron chi connectivity index (χ2n) is 4.99. The SMILES string of the molecule is CCc1ccc(OCC(=O)Nc2ccc(CC#N)cc2)c(Br)c1. The number of nitriles is 1. The topological polar surface area (TPSA) is 62.1 Å². The molecule has 2 rings (SSSR count). The molecule has 4 nitrogen and oxygen atoms in total. The fraction of sp³-hybridized carbons (Fsp3) is 0.222. The van der Waals surface area contributed by atoms with Gasteiger partial charge in [0.2, 0.25) is 0 Å². The summed E-state index contributed by atoms with van der Waals surface area (Å²) in [6, 6.07) is 15.1. The van der Waals surface area contributed by atoms with Gasteiger partial charge in [-0.25, -0.2) is 0 Å². The van der Waals surface area contributed by atoms with Crippen molar-refractivity contribution in [3.63, 3.8) is 0 Å². The highest BCUT2D eigenvalue weighted by Crippen LogP contribution is 2.26. The van der Waals surface area contributed by atoms with Crippen molar-refractivity contribution in [1.82, 2.24) is 0 Å². The van der Waals surface area contributed by atoms with Crippen LogP contribution in [0.25, 0.3) is 0 Å². The van der Waals surface area contributed by atoms with E-state index in [2.05, 4.69) is 34.2 Å². The van der Waals surface area contributed by atoms with Crippen molar-refractivity contribution in [2.24, 2.45) is 0 Å². The smallest absolute Gasteiger partial charge is 0.262 e. The summed E-state index contributed by atoms with van der Waals surface area (Å²) in [5.41, 5.74) is 2.80. The summed E-state index contributed by atoms with van der Waals surface area (Å²) >= 11 is 3.44. The fourth-order valence-corrected chi connectivity index (χ4v) is 2.56. The lowest BCUT2D eigenvalue weighted by molar-refractivity contribution is -0.118. The van der Waals surface area contributed by atoms with E-state index >= 15 is 0 Å². The molecular formula is C18H17BrN2O2. The number of halogens is 1. The minimum absolute atomic E-state index is 0.0655. The number of aryl methyl sites for hydroxylation is 1. The molecule has 0 saturated carbocycles. The van der Waals surface area contributed by atoms with Crippen LogP contribution in [0.1, 0.15) is 18.1 Å². The predicted octanol–water partition coefficient (Wildman–Crippen LogP) is 4.10. The lowest BCUT2D eigenvalue weighted by Crippen LogP contribution is -2.20. The summed E-state index contributed by atoms with van der Waals surface area (Å²) in [6.07, 6.45) is 1.31. The average Bonchev–Trinajstić information content (AvgIpc) is 2.55. The van der Waals surface area contributed by atoms with Crippen molar-refractivity contribution in [2.75, 3.05) is 11.9 Å². The largest absolute Gasteiger partial charge is 0.483 e. The molecule has 0 fully saturated rings. The normalized spacial score (nSPS) is 9.96. The maximum Gasteiger partial charge on any atom is 0.262 e. The third kappa shape index (κ3) is 5.11. The van der Waals surface area contributed by atoms with E-state index in [1.807, 2.05) is 30.3 Å². The van der Waals surface area contributed by atoms with Gasteiger partial charge in [-0.05, 0) is 57.7 Å². The monoisotopic (exact) mass is 372 g/mol. The van der Waals surface area contributed by atoms with E-state index in [1.54, 1.807) is 12.1 Å². The van der Waals surface area contributed by atoms with E-state index in [-0.39, 0.29) is 12.5 Å². The van der Waals surface area contributed by atoms with E-state index in [1.165, 1.54) is 5.56 Å². The summed E-state index contributed by atoms with van der Waals surface area (Å²) in [4.78, 5) is 11.9.